The number of hydrogen-bond donors (Lipinski definition) is 2. The number of fused-ring (bicyclic) bond motifs is 1. The van der Waals surface area contributed by atoms with Crippen molar-refractivity contribution in [2.24, 2.45) is 0 Å². The van der Waals surface area contributed by atoms with Gasteiger partial charge in [0.2, 0.25) is 12.7 Å². The highest BCUT2D eigenvalue weighted by Crippen LogP contribution is 2.33. The van der Waals surface area contributed by atoms with Crippen molar-refractivity contribution >= 4 is 15.8 Å². The minimum Gasteiger partial charge on any atom is -0.454 e. The van der Waals surface area contributed by atoms with Crippen molar-refractivity contribution in [2.45, 2.75) is 30.2 Å². The Morgan fingerprint density at radius 2 is 2.15 bits per heavy atom. The first-order chi connectivity index (χ1) is 13.0. The molecular formula is C18H22N4O4S. The van der Waals surface area contributed by atoms with Crippen LogP contribution in [0.4, 0.5) is 5.95 Å². The molecule has 1 fully saturated rings. The number of rotatable bonds is 5. The molecule has 2 aliphatic rings. The maximum atomic E-state index is 12.1. The fraction of sp³-hybridized carbons (Fsp3) is 0.444. The summed E-state index contributed by atoms with van der Waals surface area (Å²) in [5, 5.41) is 6.49. The van der Waals surface area contributed by atoms with Crippen LogP contribution in [-0.2, 0) is 16.4 Å². The van der Waals surface area contributed by atoms with E-state index in [1.165, 1.54) is 12.5 Å². The molecule has 2 aliphatic heterocycles. The van der Waals surface area contributed by atoms with E-state index in [0.717, 1.165) is 43.0 Å². The molecular weight excluding hydrogens is 368 g/mol. The quantitative estimate of drug-likeness (QED) is 0.795. The summed E-state index contributed by atoms with van der Waals surface area (Å²) in [6.45, 7) is 2.41. The van der Waals surface area contributed by atoms with E-state index in [4.69, 9.17) is 9.47 Å². The maximum Gasteiger partial charge on any atom is 0.231 e. The van der Waals surface area contributed by atoms with Crippen LogP contribution in [-0.4, -0.2) is 44.5 Å². The third-order valence-corrected chi connectivity index (χ3v) is 5.87. The van der Waals surface area contributed by atoms with Gasteiger partial charge in [-0.25, -0.2) is 18.4 Å². The molecule has 9 heteroatoms. The molecule has 0 radical (unpaired) electrons. The van der Waals surface area contributed by atoms with Gasteiger partial charge in [-0.1, -0.05) is 6.07 Å². The largest absolute Gasteiger partial charge is 0.454 e. The fourth-order valence-corrected chi connectivity index (χ4v) is 4.20. The van der Waals surface area contributed by atoms with Crippen molar-refractivity contribution in [2.75, 3.05) is 31.5 Å². The second-order valence-electron chi connectivity index (χ2n) is 6.80. The first-order valence-electron chi connectivity index (χ1n) is 8.91. The number of piperidine rings is 1. The second-order valence-corrected chi connectivity index (χ2v) is 8.78. The van der Waals surface area contributed by atoms with Gasteiger partial charge >= 0.3 is 0 Å². The van der Waals surface area contributed by atoms with Crippen molar-refractivity contribution in [3.8, 4) is 11.5 Å². The fourth-order valence-electron chi connectivity index (χ4n) is 3.36. The average molecular weight is 390 g/mol. The van der Waals surface area contributed by atoms with E-state index in [-0.39, 0.29) is 17.6 Å². The molecule has 1 unspecified atom stereocenters. The van der Waals surface area contributed by atoms with Gasteiger partial charge in [-0.3, -0.25) is 0 Å². The first-order valence-corrected chi connectivity index (χ1v) is 10.8. The summed E-state index contributed by atoms with van der Waals surface area (Å²) in [7, 11) is -3.38. The summed E-state index contributed by atoms with van der Waals surface area (Å²) in [6.07, 6.45) is 4.52. The molecule has 3 heterocycles. The summed E-state index contributed by atoms with van der Waals surface area (Å²) in [6, 6.07) is 5.72. The van der Waals surface area contributed by atoms with E-state index in [2.05, 4.69) is 20.6 Å². The highest BCUT2D eigenvalue weighted by Gasteiger charge is 2.25. The number of aromatic nitrogens is 2. The van der Waals surface area contributed by atoms with Crippen LogP contribution in [0.2, 0.25) is 0 Å². The number of nitrogens with zero attached hydrogens (tertiary/aromatic N) is 2. The molecule has 8 nitrogen and oxygen atoms in total. The Balaban J connectivity index is 1.56. The van der Waals surface area contributed by atoms with Gasteiger partial charge in [-0.15, -0.1) is 0 Å². The Kier molecular flexibility index (Phi) is 4.88. The molecule has 1 atom stereocenters. The van der Waals surface area contributed by atoms with Crippen molar-refractivity contribution in [3.63, 3.8) is 0 Å². The topological polar surface area (TPSA) is 102 Å². The van der Waals surface area contributed by atoms with E-state index in [9.17, 15) is 8.42 Å². The van der Waals surface area contributed by atoms with Crippen LogP contribution in [0.15, 0.2) is 29.3 Å². The Bertz CT molecular complexity index is 942. The van der Waals surface area contributed by atoms with Gasteiger partial charge in [-0.2, -0.15) is 0 Å². The van der Waals surface area contributed by atoms with Crippen LogP contribution in [0.25, 0.3) is 0 Å². The number of benzene rings is 1. The summed E-state index contributed by atoms with van der Waals surface area (Å²) < 4.78 is 35.0. The summed E-state index contributed by atoms with van der Waals surface area (Å²) in [4.78, 5) is 8.98. The minimum atomic E-state index is -3.38. The lowest BCUT2D eigenvalue weighted by atomic mass is 9.96. The zero-order valence-corrected chi connectivity index (χ0v) is 15.9. The molecule has 2 aromatic rings. The molecule has 0 saturated carbocycles. The lowest BCUT2D eigenvalue weighted by Gasteiger charge is -2.24. The van der Waals surface area contributed by atoms with Crippen molar-refractivity contribution in [1.29, 1.82) is 0 Å². The summed E-state index contributed by atoms with van der Waals surface area (Å²) in [5.74, 6) is 1.94. The molecule has 0 aliphatic carbocycles. The standard InChI is InChI=1S/C18H22N4O4S/c1-27(23,24)16-10-21-18(22-17(16)13-3-2-6-19-9-13)20-8-12-4-5-14-15(7-12)26-11-25-14/h4-5,7,10,13,19H,2-3,6,8-9,11H2,1H3,(H,20,21,22). The first kappa shape index (κ1) is 18.0. The van der Waals surface area contributed by atoms with Crippen molar-refractivity contribution in [1.82, 2.24) is 15.3 Å². The van der Waals surface area contributed by atoms with Crippen molar-refractivity contribution in [3.05, 3.63) is 35.7 Å². The molecule has 0 amide bonds. The molecule has 1 saturated heterocycles. The smallest absolute Gasteiger partial charge is 0.231 e. The van der Waals surface area contributed by atoms with Crippen LogP contribution >= 0.6 is 0 Å². The van der Waals surface area contributed by atoms with E-state index in [0.29, 0.717) is 18.2 Å². The van der Waals surface area contributed by atoms with Crippen LogP contribution in [0.5, 0.6) is 11.5 Å². The molecule has 4 rings (SSSR count). The zero-order chi connectivity index (χ0) is 18.9. The maximum absolute atomic E-state index is 12.1. The second kappa shape index (κ2) is 7.32. The third-order valence-electron chi connectivity index (χ3n) is 4.75. The van der Waals surface area contributed by atoms with E-state index >= 15 is 0 Å². The number of sulfone groups is 1. The van der Waals surface area contributed by atoms with E-state index < -0.39 is 9.84 Å². The van der Waals surface area contributed by atoms with Gasteiger partial charge in [0.05, 0.1) is 11.9 Å². The SMILES string of the molecule is CS(=O)(=O)c1cnc(NCc2ccc3c(c2)OCO3)nc1C1CCCNC1. The molecule has 1 aromatic carbocycles. The normalized spacial score (nSPS) is 19.1. The van der Waals surface area contributed by atoms with Crippen LogP contribution < -0.4 is 20.1 Å². The third kappa shape index (κ3) is 3.98. The molecule has 27 heavy (non-hydrogen) atoms. The Morgan fingerprint density at radius 1 is 1.30 bits per heavy atom. The Labute approximate surface area is 158 Å². The number of hydrogen-bond acceptors (Lipinski definition) is 8. The van der Waals surface area contributed by atoms with Gasteiger partial charge in [0.1, 0.15) is 4.90 Å². The molecule has 1 aromatic heterocycles. The van der Waals surface area contributed by atoms with E-state index in [1.807, 2.05) is 18.2 Å². The highest BCUT2D eigenvalue weighted by atomic mass is 32.2. The van der Waals surface area contributed by atoms with Gasteiger partial charge in [0, 0.05) is 25.3 Å². The monoisotopic (exact) mass is 390 g/mol. The van der Waals surface area contributed by atoms with Crippen molar-refractivity contribution < 1.29 is 17.9 Å². The Hall–Kier alpha value is -2.39. The van der Waals surface area contributed by atoms with Gasteiger partial charge < -0.3 is 20.1 Å². The molecule has 0 bridgehead atoms. The van der Waals surface area contributed by atoms with Crippen LogP contribution in [0, 0.1) is 0 Å². The van der Waals surface area contributed by atoms with Gasteiger partial charge in [0.25, 0.3) is 0 Å². The van der Waals surface area contributed by atoms with Gasteiger partial charge in [0.15, 0.2) is 21.3 Å². The predicted octanol–water partition coefficient (Wildman–Crippen LogP) is 1.69. The van der Waals surface area contributed by atoms with E-state index in [1.54, 1.807) is 0 Å². The lowest BCUT2D eigenvalue weighted by Crippen LogP contribution is -2.30. The van der Waals surface area contributed by atoms with Crippen LogP contribution in [0.3, 0.4) is 0 Å². The Morgan fingerprint density at radius 3 is 2.93 bits per heavy atom. The lowest BCUT2D eigenvalue weighted by molar-refractivity contribution is 0.174. The molecule has 144 valence electrons. The summed E-state index contributed by atoms with van der Waals surface area (Å²) in [5.41, 5.74) is 1.59. The number of ether oxygens (including phenoxy) is 2. The minimum absolute atomic E-state index is 0.0672. The van der Waals surface area contributed by atoms with Crippen LogP contribution in [0.1, 0.15) is 30.0 Å². The zero-order valence-electron chi connectivity index (χ0n) is 15.1. The molecule has 2 N–H and O–H groups in total. The highest BCUT2D eigenvalue weighted by molar-refractivity contribution is 7.90. The summed E-state index contributed by atoms with van der Waals surface area (Å²) >= 11 is 0. The predicted molar refractivity (Wildman–Crippen MR) is 99.9 cm³/mol. The van der Waals surface area contributed by atoms with Gasteiger partial charge in [-0.05, 0) is 37.1 Å². The number of anilines is 1. The molecule has 0 spiro atoms. The average Bonchev–Trinajstić information content (AvgIpc) is 3.14. The number of nitrogens with one attached hydrogen (secondary N) is 2.